The van der Waals surface area contributed by atoms with Crippen molar-refractivity contribution in [2.75, 3.05) is 0 Å². The second kappa shape index (κ2) is 4.09. The number of aliphatic carboxylic acids is 1. The number of hydrogen-bond donors (Lipinski definition) is 0. The molecule has 0 saturated heterocycles. The fraction of sp³-hybridized carbons (Fsp3) is 0.875. The van der Waals surface area contributed by atoms with Crippen LogP contribution in [-0.4, -0.2) is 17.7 Å². The van der Waals surface area contributed by atoms with E-state index in [1.807, 2.05) is 20.8 Å². The van der Waals surface area contributed by atoms with Crippen molar-refractivity contribution in [3.8, 4) is 0 Å². The molecule has 0 aromatic heterocycles. The van der Waals surface area contributed by atoms with Gasteiger partial charge in [-0.15, -0.1) is 0 Å². The first-order chi connectivity index (χ1) is 4.90. The summed E-state index contributed by atoms with van der Waals surface area (Å²) in [6.45, 7) is 5.74. The standard InChI is InChI=1S/C8H14O3.Na/c1-8(2,3)11-6-4-5(6)7(9)10;/h5-6H,4H2,1-3H3,(H,9,10);/q;+1/p-1/t5-,6+;/m0./s1. The minimum absolute atomic E-state index is 0. The first-order valence-electron chi connectivity index (χ1n) is 3.79. The monoisotopic (exact) mass is 180 g/mol. The van der Waals surface area contributed by atoms with Gasteiger partial charge in [0, 0.05) is 11.9 Å². The van der Waals surface area contributed by atoms with Gasteiger partial charge in [-0.1, -0.05) is 0 Å². The average molecular weight is 180 g/mol. The molecular formula is C8H13NaO3. The van der Waals surface area contributed by atoms with E-state index < -0.39 is 5.97 Å². The Labute approximate surface area is 94.8 Å². The second-order valence-corrected chi connectivity index (χ2v) is 3.93. The number of ether oxygens (including phenoxy) is 1. The maximum Gasteiger partial charge on any atom is 1.00 e. The summed E-state index contributed by atoms with van der Waals surface area (Å²) in [5.74, 6) is -1.35. The van der Waals surface area contributed by atoms with Gasteiger partial charge in [0.25, 0.3) is 0 Å². The molecule has 0 radical (unpaired) electrons. The molecule has 3 nitrogen and oxygen atoms in total. The minimum atomic E-state index is -0.987. The SMILES string of the molecule is CC(C)(C)O[C@@H]1C[C@@H]1C(=O)[O-].[Na+]. The van der Waals surface area contributed by atoms with Crippen molar-refractivity contribution < 1.29 is 44.2 Å². The predicted octanol–water partition coefficient (Wildman–Crippen LogP) is -3.06. The Kier molecular flexibility index (Phi) is 4.24. The number of carboxylic acids is 1. The number of hydrogen-bond acceptors (Lipinski definition) is 3. The molecular weight excluding hydrogens is 167 g/mol. The zero-order chi connectivity index (χ0) is 8.65. The summed E-state index contributed by atoms with van der Waals surface area (Å²) in [6.07, 6.45) is 0.500. The van der Waals surface area contributed by atoms with E-state index >= 15 is 0 Å². The molecule has 0 bridgehead atoms. The number of rotatable bonds is 2. The van der Waals surface area contributed by atoms with Crippen LogP contribution in [0.4, 0.5) is 0 Å². The van der Waals surface area contributed by atoms with Crippen molar-refractivity contribution in [1.82, 2.24) is 0 Å². The molecule has 0 unspecified atom stereocenters. The Morgan fingerprint density at radius 1 is 1.50 bits per heavy atom. The zero-order valence-corrected chi connectivity index (χ0v) is 10.1. The van der Waals surface area contributed by atoms with Gasteiger partial charge in [-0.2, -0.15) is 0 Å². The van der Waals surface area contributed by atoms with E-state index in [0.29, 0.717) is 6.42 Å². The largest absolute Gasteiger partial charge is 1.00 e. The molecule has 0 amide bonds. The summed E-state index contributed by atoms with van der Waals surface area (Å²) in [4.78, 5) is 10.3. The van der Waals surface area contributed by atoms with Gasteiger partial charge in [-0.3, -0.25) is 0 Å². The van der Waals surface area contributed by atoms with Gasteiger partial charge >= 0.3 is 29.6 Å². The van der Waals surface area contributed by atoms with Gasteiger partial charge < -0.3 is 14.6 Å². The van der Waals surface area contributed by atoms with Gasteiger partial charge in [0.2, 0.25) is 0 Å². The van der Waals surface area contributed by atoms with Crippen LogP contribution < -0.4 is 34.7 Å². The Morgan fingerprint density at radius 3 is 2.25 bits per heavy atom. The summed E-state index contributed by atoms with van der Waals surface area (Å²) in [6, 6.07) is 0. The quantitative estimate of drug-likeness (QED) is 0.424. The van der Waals surface area contributed by atoms with Gasteiger partial charge in [-0.05, 0) is 27.2 Å². The summed E-state index contributed by atoms with van der Waals surface area (Å²) < 4.78 is 5.40. The smallest absolute Gasteiger partial charge is 0.550 e. The molecule has 64 valence electrons. The molecule has 0 aliphatic heterocycles. The van der Waals surface area contributed by atoms with E-state index in [1.54, 1.807) is 0 Å². The van der Waals surface area contributed by atoms with Crippen molar-refractivity contribution in [3.63, 3.8) is 0 Å². The fourth-order valence-corrected chi connectivity index (χ4v) is 1.00. The van der Waals surface area contributed by atoms with Crippen molar-refractivity contribution in [3.05, 3.63) is 0 Å². The van der Waals surface area contributed by atoms with Crippen molar-refractivity contribution >= 4 is 5.97 Å². The van der Waals surface area contributed by atoms with Crippen LogP contribution in [0, 0.1) is 5.92 Å². The van der Waals surface area contributed by atoms with Crippen LogP contribution in [0.1, 0.15) is 27.2 Å². The molecule has 0 N–H and O–H groups in total. The Morgan fingerprint density at radius 2 is 2.00 bits per heavy atom. The van der Waals surface area contributed by atoms with Crippen LogP contribution >= 0.6 is 0 Å². The molecule has 1 rings (SSSR count). The van der Waals surface area contributed by atoms with E-state index in [2.05, 4.69) is 0 Å². The van der Waals surface area contributed by atoms with Crippen LogP contribution in [-0.2, 0) is 9.53 Å². The van der Waals surface area contributed by atoms with E-state index in [4.69, 9.17) is 4.74 Å². The molecule has 4 heteroatoms. The van der Waals surface area contributed by atoms with Crippen molar-refractivity contribution in [2.45, 2.75) is 38.9 Å². The molecule has 0 aromatic rings. The first kappa shape index (κ1) is 12.4. The maximum atomic E-state index is 10.3. The van der Waals surface area contributed by atoms with Crippen LogP contribution in [0.3, 0.4) is 0 Å². The average Bonchev–Trinajstić information content (AvgIpc) is 2.40. The van der Waals surface area contributed by atoms with Crippen LogP contribution in [0.5, 0.6) is 0 Å². The van der Waals surface area contributed by atoms with E-state index in [9.17, 15) is 9.90 Å². The van der Waals surface area contributed by atoms with Gasteiger partial charge in [-0.25, -0.2) is 0 Å². The number of carbonyl (C=O) groups is 1. The van der Waals surface area contributed by atoms with Crippen molar-refractivity contribution in [1.29, 1.82) is 0 Å². The van der Waals surface area contributed by atoms with E-state index in [0.717, 1.165) is 0 Å². The zero-order valence-electron chi connectivity index (χ0n) is 8.09. The fourth-order valence-electron chi connectivity index (χ4n) is 1.00. The van der Waals surface area contributed by atoms with Crippen molar-refractivity contribution in [2.24, 2.45) is 5.92 Å². The molecule has 12 heavy (non-hydrogen) atoms. The normalized spacial score (nSPS) is 27.6. The Bertz CT molecular complexity index is 174. The van der Waals surface area contributed by atoms with Crippen LogP contribution in [0.15, 0.2) is 0 Å². The molecule has 1 aliphatic carbocycles. The third-order valence-corrected chi connectivity index (χ3v) is 1.54. The maximum absolute atomic E-state index is 10.3. The van der Waals surface area contributed by atoms with E-state index in [1.165, 1.54) is 0 Å². The van der Waals surface area contributed by atoms with Gasteiger partial charge in [0.15, 0.2) is 0 Å². The number of carbonyl (C=O) groups excluding carboxylic acids is 1. The molecule has 1 aliphatic rings. The Hall–Kier alpha value is 0.430. The Balaban J connectivity index is 0.00000121. The summed E-state index contributed by atoms with van der Waals surface area (Å²) in [7, 11) is 0. The van der Waals surface area contributed by atoms with E-state index in [-0.39, 0.29) is 47.2 Å². The molecule has 0 spiro atoms. The molecule has 0 heterocycles. The second-order valence-electron chi connectivity index (χ2n) is 3.93. The minimum Gasteiger partial charge on any atom is -0.550 e. The summed E-state index contributed by atoms with van der Waals surface area (Å²) in [5, 5.41) is 10.3. The predicted molar refractivity (Wildman–Crippen MR) is 37.7 cm³/mol. The number of carboxylic acid groups (broad SMARTS) is 1. The summed E-state index contributed by atoms with van der Waals surface area (Å²) >= 11 is 0. The van der Waals surface area contributed by atoms with Gasteiger partial charge in [0.05, 0.1) is 11.7 Å². The summed E-state index contributed by atoms with van der Waals surface area (Å²) in [5.41, 5.74) is -0.241. The third kappa shape index (κ3) is 3.90. The third-order valence-electron chi connectivity index (χ3n) is 1.54. The molecule has 2 atom stereocenters. The molecule has 0 aromatic carbocycles. The van der Waals surface area contributed by atoms with Crippen LogP contribution in [0.25, 0.3) is 0 Å². The van der Waals surface area contributed by atoms with Crippen LogP contribution in [0.2, 0.25) is 0 Å². The topological polar surface area (TPSA) is 49.4 Å². The molecule has 1 saturated carbocycles. The molecule has 1 fully saturated rings. The van der Waals surface area contributed by atoms with Gasteiger partial charge in [0.1, 0.15) is 0 Å². The first-order valence-corrected chi connectivity index (χ1v) is 3.79.